The summed E-state index contributed by atoms with van der Waals surface area (Å²) in [5.41, 5.74) is 6.75. The van der Waals surface area contributed by atoms with E-state index >= 15 is 0 Å². The molecule has 1 rings (SSSR count). The monoisotopic (exact) mass is 273 g/mol. The number of rotatable bonds is 5. The SMILES string of the molecule is C=C(NNC(=S)NC)c1ccc(OC(F)F)cc1. The van der Waals surface area contributed by atoms with E-state index in [9.17, 15) is 8.78 Å². The summed E-state index contributed by atoms with van der Waals surface area (Å²) in [6.07, 6.45) is 0. The number of ether oxygens (including phenoxy) is 1. The van der Waals surface area contributed by atoms with Crippen LogP contribution >= 0.6 is 12.2 Å². The lowest BCUT2D eigenvalue weighted by molar-refractivity contribution is -0.0498. The van der Waals surface area contributed by atoms with Gasteiger partial charge in [0, 0.05) is 7.05 Å². The molecule has 1 aromatic rings. The van der Waals surface area contributed by atoms with Crippen molar-refractivity contribution in [2.24, 2.45) is 0 Å². The first-order chi connectivity index (χ1) is 8.52. The van der Waals surface area contributed by atoms with Gasteiger partial charge in [-0.1, -0.05) is 6.58 Å². The first kappa shape index (κ1) is 14.2. The molecule has 0 unspecified atom stereocenters. The maximum atomic E-state index is 11.9. The van der Waals surface area contributed by atoms with Crippen LogP contribution < -0.4 is 20.9 Å². The highest BCUT2D eigenvalue weighted by molar-refractivity contribution is 7.80. The van der Waals surface area contributed by atoms with Gasteiger partial charge in [-0.15, -0.1) is 0 Å². The quantitative estimate of drug-likeness (QED) is 0.564. The highest BCUT2D eigenvalue weighted by Gasteiger charge is 2.04. The fraction of sp³-hybridized carbons (Fsp3) is 0.182. The molecule has 0 aliphatic carbocycles. The van der Waals surface area contributed by atoms with Gasteiger partial charge in [-0.05, 0) is 42.0 Å². The molecule has 7 heteroatoms. The van der Waals surface area contributed by atoms with Crippen LogP contribution in [0.4, 0.5) is 8.78 Å². The molecule has 0 aromatic heterocycles. The molecule has 3 N–H and O–H groups in total. The van der Waals surface area contributed by atoms with Gasteiger partial charge in [0.2, 0.25) is 0 Å². The molecule has 0 atom stereocenters. The summed E-state index contributed by atoms with van der Waals surface area (Å²) < 4.78 is 28.1. The predicted octanol–water partition coefficient (Wildman–Crippen LogP) is 1.86. The van der Waals surface area contributed by atoms with Crippen LogP contribution in [-0.4, -0.2) is 18.8 Å². The highest BCUT2D eigenvalue weighted by atomic mass is 32.1. The predicted molar refractivity (Wildman–Crippen MR) is 70.0 cm³/mol. The summed E-state index contributed by atoms with van der Waals surface area (Å²) in [7, 11) is 1.68. The molecule has 18 heavy (non-hydrogen) atoms. The summed E-state index contributed by atoms with van der Waals surface area (Å²) in [5.74, 6) is 0.0975. The Bertz CT molecular complexity index is 423. The summed E-state index contributed by atoms with van der Waals surface area (Å²) in [5, 5.41) is 3.13. The molecule has 0 amide bonds. The first-order valence-corrected chi connectivity index (χ1v) is 5.41. The van der Waals surface area contributed by atoms with Gasteiger partial charge >= 0.3 is 6.61 Å². The number of nitrogens with one attached hydrogen (secondary N) is 3. The highest BCUT2D eigenvalue weighted by Crippen LogP contribution is 2.17. The van der Waals surface area contributed by atoms with Crippen molar-refractivity contribution in [3.05, 3.63) is 36.4 Å². The molecule has 0 saturated heterocycles. The Kier molecular flexibility index (Phi) is 5.31. The second kappa shape index (κ2) is 6.75. The number of benzene rings is 1. The molecule has 0 saturated carbocycles. The summed E-state index contributed by atoms with van der Waals surface area (Å²) in [4.78, 5) is 0. The topological polar surface area (TPSA) is 45.3 Å². The first-order valence-electron chi connectivity index (χ1n) is 5.01. The van der Waals surface area contributed by atoms with Crippen molar-refractivity contribution in [1.82, 2.24) is 16.2 Å². The van der Waals surface area contributed by atoms with Gasteiger partial charge in [-0.3, -0.25) is 10.9 Å². The van der Waals surface area contributed by atoms with Crippen LogP contribution in [0.25, 0.3) is 5.70 Å². The maximum Gasteiger partial charge on any atom is 0.387 e. The zero-order valence-corrected chi connectivity index (χ0v) is 10.5. The second-order valence-corrected chi connectivity index (χ2v) is 3.62. The molecular weight excluding hydrogens is 260 g/mol. The Morgan fingerprint density at radius 2 is 1.89 bits per heavy atom. The van der Waals surface area contributed by atoms with E-state index in [1.54, 1.807) is 19.2 Å². The van der Waals surface area contributed by atoms with Gasteiger partial charge in [-0.2, -0.15) is 8.78 Å². The lowest BCUT2D eigenvalue weighted by Gasteiger charge is -2.13. The summed E-state index contributed by atoms with van der Waals surface area (Å²) in [6.45, 7) is 0.945. The number of hydrogen-bond donors (Lipinski definition) is 3. The maximum absolute atomic E-state index is 11.9. The van der Waals surface area contributed by atoms with E-state index < -0.39 is 6.61 Å². The van der Waals surface area contributed by atoms with Gasteiger partial charge in [-0.25, -0.2) is 0 Å². The van der Waals surface area contributed by atoms with Crippen molar-refractivity contribution in [1.29, 1.82) is 0 Å². The molecule has 98 valence electrons. The minimum Gasteiger partial charge on any atom is -0.435 e. The Hall–Kier alpha value is -1.89. The van der Waals surface area contributed by atoms with E-state index in [2.05, 4.69) is 27.5 Å². The molecule has 0 aliphatic heterocycles. The molecule has 0 spiro atoms. The van der Waals surface area contributed by atoms with E-state index in [1.165, 1.54) is 12.1 Å². The number of hydrogen-bond acceptors (Lipinski definition) is 3. The van der Waals surface area contributed by atoms with Crippen LogP contribution in [0.1, 0.15) is 5.56 Å². The number of halogens is 2. The standard InChI is InChI=1S/C11H13F2N3OS/c1-7(15-16-11(18)14-2)8-3-5-9(6-4-8)17-10(12)13/h3-6,10,15H,1H2,2H3,(H2,14,16,18). The number of hydrazine groups is 1. The van der Waals surface area contributed by atoms with Crippen LogP contribution in [-0.2, 0) is 0 Å². The molecule has 0 aliphatic rings. The van der Waals surface area contributed by atoms with Gasteiger partial charge < -0.3 is 10.1 Å². The third-order valence-electron chi connectivity index (χ3n) is 1.98. The Morgan fingerprint density at radius 1 is 1.28 bits per heavy atom. The van der Waals surface area contributed by atoms with Crippen molar-refractivity contribution in [2.45, 2.75) is 6.61 Å². The summed E-state index contributed by atoms with van der Waals surface area (Å²) in [6, 6.07) is 6.09. The fourth-order valence-electron chi connectivity index (χ4n) is 1.10. The van der Waals surface area contributed by atoms with E-state index in [0.29, 0.717) is 10.8 Å². The normalized spacial score (nSPS) is 9.78. The smallest absolute Gasteiger partial charge is 0.387 e. The molecule has 0 radical (unpaired) electrons. The van der Waals surface area contributed by atoms with Crippen molar-refractivity contribution < 1.29 is 13.5 Å². The van der Waals surface area contributed by atoms with Crippen LogP contribution in [0.5, 0.6) is 5.75 Å². The van der Waals surface area contributed by atoms with Crippen molar-refractivity contribution in [3.63, 3.8) is 0 Å². The lowest BCUT2D eigenvalue weighted by Crippen LogP contribution is -2.41. The van der Waals surface area contributed by atoms with E-state index in [0.717, 1.165) is 5.56 Å². The zero-order valence-electron chi connectivity index (χ0n) is 9.67. The Labute approximate surface area is 109 Å². The molecule has 4 nitrogen and oxygen atoms in total. The van der Waals surface area contributed by atoms with Crippen LogP contribution in [0.15, 0.2) is 30.8 Å². The van der Waals surface area contributed by atoms with Gasteiger partial charge in [0.1, 0.15) is 5.75 Å². The van der Waals surface area contributed by atoms with Crippen LogP contribution in [0.2, 0.25) is 0 Å². The largest absolute Gasteiger partial charge is 0.435 e. The van der Waals surface area contributed by atoms with Crippen LogP contribution in [0.3, 0.4) is 0 Å². The average molecular weight is 273 g/mol. The molecule has 1 aromatic carbocycles. The minimum absolute atomic E-state index is 0.0975. The third-order valence-corrected chi connectivity index (χ3v) is 2.29. The van der Waals surface area contributed by atoms with Crippen molar-refractivity contribution in [2.75, 3.05) is 7.05 Å². The summed E-state index contributed by atoms with van der Waals surface area (Å²) >= 11 is 4.86. The number of thiocarbonyl (C=S) groups is 1. The molecule has 0 bridgehead atoms. The van der Waals surface area contributed by atoms with Crippen molar-refractivity contribution in [3.8, 4) is 5.75 Å². The molecular formula is C11H13F2N3OS. The van der Waals surface area contributed by atoms with E-state index in [-0.39, 0.29) is 5.75 Å². The van der Waals surface area contributed by atoms with E-state index in [4.69, 9.17) is 12.2 Å². The minimum atomic E-state index is -2.83. The third kappa shape index (κ3) is 4.54. The van der Waals surface area contributed by atoms with Gasteiger partial charge in [0.15, 0.2) is 5.11 Å². The van der Waals surface area contributed by atoms with Crippen molar-refractivity contribution >= 4 is 23.0 Å². The lowest BCUT2D eigenvalue weighted by atomic mass is 10.2. The van der Waals surface area contributed by atoms with Gasteiger partial charge in [0.05, 0.1) is 5.70 Å². The molecule has 0 fully saturated rings. The Morgan fingerprint density at radius 3 is 2.39 bits per heavy atom. The second-order valence-electron chi connectivity index (χ2n) is 3.21. The number of alkyl halides is 2. The fourth-order valence-corrected chi connectivity index (χ4v) is 1.16. The Balaban J connectivity index is 2.56. The zero-order chi connectivity index (χ0) is 13.5. The average Bonchev–Trinajstić information content (AvgIpc) is 2.35. The van der Waals surface area contributed by atoms with E-state index in [1.807, 2.05) is 0 Å². The van der Waals surface area contributed by atoms with Gasteiger partial charge in [0.25, 0.3) is 0 Å². The molecule has 0 heterocycles. The van der Waals surface area contributed by atoms with Crippen LogP contribution in [0, 0.1) is 0 Å².